The molecule has 1 heterocycles. The van der Waals surface area contributed by atoms with Crippen LogP contribution in [0.5, 0.6) is 11.5 Å². The van der Waals surface area contributed by atoms with Crippen LogP contribution in [-0.2, 0) is 0 Å². The second kappa shape index (κ2) is 6.34. The molecule has 1 saturated carbocycles. The molecular formula is C16H21ClN2O3. The Balaban J connectivity index is 1.69. The Kier molecular flexibility index (Phi) is 4.45. The van der Waals surface area contributed by atoms with Crippen LogP contribution in [0.1, 0.15) is 29.6 Å². The Morgan fingerprint density at radius 2 is 1.91 bits per heavy atom. The van der Waals surface area contributed by atoms with E-state index in [0.29, 0.717) is 22.1 Å². The number of rotatable bonds is 5. The fourth-order valence-corrected chi connectivity index (χ4v) is 3.21. The fourth-order valence-electron chi connectivity index (χ4n) is 2.97. The summed E-state index contributed by atoms with van der Waals surface area (Å²) in [6.45, 7) is 2.00. The number of nitrogens with one attached hydrogen (secondary N) is 1. The lowest BCUT2D eigenvalue weighted by atomic mass is 10.1. The summed E-state index contributed by atoms with van der Waals surface area (Å²) in [5.74, 6) is 0.863. The first kappa shape index (κ1) is 15.4. The van der Waals surface area contributed by atoms with Gasteiger partial charge in [-0.25, -0.2) is 0 Å². The Bertz CT molecular complexity index is 575. The monoisotopic (exact) mass is 324 g/mol. The number of hydrogen-bond donors (Lipinski definition) is 1. The second-order valence-electron chi connectivity index (χ2n) is 5.87. The SMILES string of the molecule is COc1cc(Cl)c(C(=O)NC2CCN(C3CC3)C2)cc1OC. The lowest BCUT2D eigenvalue weighted by Crippen LogP contribution is -2.37. The summed E-state index contributed by atoms with van der Waals surface area (Å²) in [4.78, 5) is 14.9. The third-order valence-corrected chi connectivity index (χ3v) is 4.65. The van der Waals surface area contributed by atoms with E-state index in [4.69, 9.17) is 21.1 Å². The molecule has 5 nitrogen and oxygen atoms in total. The zero-order chi connectivity index (χ0) is 15.7. The Morgan fingerprint density at radius 3 is 2.55 bits per heavy atom. The zero-order valence-corrected chi connectivity index (χ0v) is 13.7. The van der Waals surface area contributed by atoms with E-state index < -0.39 is 0 Å². The average molecular weight is 325 g/mol. The van der Waals surface area contributed by atoms with Crippen molar-refractivity contribution in [3.05, 3.63) is 22.7 Å². The largest absolute Gasteiger partial charge is 0.493 e. The highest BCUT2D eigenvalue weighted by molar-refractivity contribution is 6.34. The summed E-state index contributed by atoms with van der Waals surface area (Å²) < 4.78 is 10.4. The third kappa shape index (κ3) is 3.15. The maximum Gasteiger partial charge on any atom is 0.253 e. The van der Waals surface area contributed by atoms with Crippen molar-refractivity contribution in [1.82, 2.24) is 10.2 Å². The van der Waals surface area contributed by atoms with Crippen LogP contribution in [0.15, 0.2) is 12.1 Å². The van der Waals surface area contributed by atoms with Crippen LogP contribution in [0.3, 0.4) is 0 Å². The molecule has 0 radical (unpaired) electrons. The molecule has 1 unspecified atom stereocenters. The molecule has 0 spiro atoms. The van der Waals surface area contributed by atoms with Gasteiger partial charge in [-0.15, -0.1) is 0 Å². The molecule has 1 aromatic carbocycles. The minimum atomic E-state index is -0.159. The van der Waals surface area contributed by atoms with Crippen LogP contribution in [-0.4, -0.2) is 50.2 Å². The van der Waals surface area contributed by atoms with Crippen molar-refractivity contribution in [1.29, 1.82) is 0 Å². The first-order chi connectivity index (χ1) is 10.6. The van der Waals surface area contributed by atoms with E-state index in [9.17, 15) is 4.79 Å². The number of amides is 1. The minimum Gasteiger partial charge on any atom is -0.493 e. The van der Waals surface area contributed by atoms with Gasteiger partial charge in [0, 0.05) is 31.2 Å². The van der Waals surface area contributed by atoms with Crippen molar-refractivity contribution < 1.29 is 14.3 Å². The molecule has 0 aromatic heterocycles. The summed E-state index contributed by atoms with van der Waals surface area (Å²) in [6.07, 6.45) is 3.58. The Morgan fingerprint density at radius 1 is 1.23 bits per heavy atom. The van der Waals surface area contributed by atoms with Crippen molar-refractivity contribution in [3.63, 3.8) is 0 Å². The van der Waals surface area contributed by atoms with Gasteiger partial charge in [-0.05, 0) is 25.3 Å². The molecule has 2 aliphatic rings. The lowest BCUT2D eigenvalue weighted by Gasteiger charge is -2.17. The highest BCUT2D eigenvalue weighted by Gasteiger charge is 2.35. The topological polar surface area (TPSA) is 50.8 Å². The normalized spacial score (nSPS) is 21.7. The number of methoxy groups -OCH3 is 2. The highest BCUT2D eigenvalue weighted by atomic mass is 35.5. The van der Waals surface area contributed by atoms with Gasteiger partial charge in [0.1, 0.15) is 0 Å². The van der Waals surface area contributed by atoms with Crippen LogP contribution in [0.4, 0.5) is 0 Å². The quantitative estimate of drug-likeness (QED) is 0.903. The number of carbonyl (C=O) groups excluding carboxylic acids is 1. The van der Waals surface area contributed by atoms with Crippen LogP contribution >= 0.6 is 11.6 Å². The van der Waals surface area contributed by atoms with Gasteiger partial charge in [-0.2, -0.15) is 0 Å². The zero-order valence-electron chi connectivity index (χ0n) is 12.9. The van der Waals surface area contributed by atoms with E-state index in [-0.39, 0.29) is 11.9 Å². The van der Waals surface area contributed by atoms with Gasteiger partial charge >= 0.3 is 0 Å². The molecule has 1 aromatic rings. The maximum absolute atomic E-state index is 12.5. The number of nitrogens with zero attached hydrogens (tertiary/aromatic N) is 1. The molecule has 1 N–H and O–H groups in total. The predicted molar refractivity (Wildman–Crippen MR) is 85.0 cm³/mol. The van der Waals surface area contributed by atoms with Gasteiger partial charge in [0.2, 0.25) is 0 Å². The summed E-state index contributed by atoms with van der Waals surface area (Å²) in [6, 6.07) is 4.17. The molecule has 6 heteroatoms. The van der Waals surface area contributed by atoms with E-state index in [1.807, 2.05) is 0 Å². The maximum atomic E-state index is 12.5. The van der Waals surface area contributed by atoms with Crippen molar-refractivity contribution in [3.8, 4) is 11.5 Å². The second-order valence-corrected chi connectivity index (χ2v) is 6.28. The number of halogens is 1. The molecule has 1 saturated heterocycles. The van der Waals surface area contributed by atoms with E-state index in [2.05, 4.69) is 10.2 Å². The van der Waals surface area contributed by atoms with Crippen LogP contribution in [0, 0.1) is 0 Å². The van der Waals surface area contributed by atoms with E-state index in [1.54, 1.807) is 19.2 Å². The number of hydrogen-bond acceptors (Lipinski definition) is 4. The molecule has 2 fully saturated rings. The number of benzene rings is 1. The molecule has 22 heavy (non-hydrogen) atoms. The van der Waals surface area contributed by atoms with Crippen molar-refractivity contribution in [2.24, 2.45) is 0 Å². The van der Waals surface area contributed by atoms with Crippen molar-refractivity contribution in [2.75, 3.05) is 27.3 Å². The summed E-state index contributed by atoms with van der Waals surface area (Å²) in [5.41, 5.74) is 0.421. The van der Waals surface area contributed by atoms with Gasteiger partial charge in [0.25, 0.3) is 5.91 Å². The predicted octanol–water partition coefficient (Wildman–Crippen LogP) is 2.32. The molecular weight excluding hydrogens is 304 g/mol. The van der Waals surface area contributed by atoms with Gasteiger partial charge in [0.15, 0.2) is 11.5 Å². The van der Waals surface area contributed by atoms with Crippen LogP contribution in [0.25, 0.3) is 0 Å². The third-order valence-electron chi connectivity index (χ3n) is 4.34. The van der Waals surface area contributed by atoms with Gasteiger partial charge in [0.05, 0.1) is 24.8 Å². The van der Waals surface area contributed by atoms with E-state index in [0.717, 1.165) is 25.6 Å². The molecule has 3 rings (SSSR count). The summed E-state index contributed by atoms with van der Waals surface area (Å²) in [7, 11) is 3.08. The fraction of sp³-hybridized carbons (Fsp3) is 0.562. The van der Waals surface area contributed by atoms with E-state index in [1.165, 1.54) is 20.0 Å². The first-order valence-electron chi connectivity index (χ1n) is 7.58. The molecule has 1 aliphatic carbocycles. The first-order valence-corrected chi connectivity index (χ1v) is 7.96. The molecule has 1 atom stereocenters. The summed E-state index contributed by atoms with van der Waals surface area (Å²) >= 11 is 6.20. The highest BCUT2D eigenvalue weighted by Crippen LogP contribution is 2.33. The molecule has 1 amide bonds. The molecule has 0 bridgehead atoms. The average Bonchev–Trinajstić information content (AvgIpc) is 3.27. The van der Waals surface area contributed by atoms with Gasteiger partial charge in [-0.3, -0.25) is 9.69 Å². The Labute approximate surface area is 135 Å². The van der Waals surface area contributed by atoms with Crippen LogP contribution in [0.2, 0.25) is 5.02 Å². The number of ether oxygens (including phenoxy) is 2. The number of carbonyl (C=O) groups is 1. The smallest absolute Gasteiger partial charge is 0.253 e. The minimum absolute atomic E-state index is 0.159. The van der Waals surface area contributed by atoms with Crippen molar-refractivity contribution >= 4 is 17.5 Å². The van der Waals surface area contributed by atoms with Gasteiger partial charge < -0.3 is 14.8 Å². The molecule has 1 aliphatic heterocycles. The standard InChI is InChI=1S/C16H21ClN2O3/c1-21-14-7-12(13(17)8-15(14)22-2)16(20)18-10-5-6-19(9-10)11-3-4-11/h7-8,10-11H,3-6,9H2,1-2H3,(H,18,20). The van der Waals surface area contributed by atoms with Gasteiger partial charge in [-0.1, -0.05) is 11.6 Å². The van der Waals surface area contributed by atoms with E-state index >= 15 is 0 Å². The summed E-state index contributed by atoms with van der Waals surface area (Å²) in [5, 5.41) is 3.44. The lowest BCUT2D eigenvalue weighted by molar-refractivity contribution is 0.0937. The van der Waals surface area contributed by atoms with Crippen LogP contribution < -0.4 is 14.8 Å². The molecule has 120 valence electrons. The van der Waals surface area contributed by atoms with Crippen molar-refractivity contribution in [2.45, 2.75) is 31.3 Å². The Hall–Kier alpha value is -1.46. The number of likely N-dealkylation sites (tertiary alicyclic amines) is 1.